The van der Waals surface area contributed by atoms with Gasteiger partial charge in [-0.05, 0) is 12.8 Å². The van der Waals surface area contributed by atoms with E-state index in [0.29, 0.717) is 0 Å². The highest BCUT2D eigenvalue weighted by Gasteiger charge is 2.39. The largest absolute Gasteiger partial charge is 0.377 e. The molecule has 0 heterocycles. The Morgan fingerprint density at radius 3 is 2.53 bits per heavy atom. The van der Waals surface area contributed by atoms with Crippen molar-refractivity contribution >= 4 is 0 Å². The van der Waals surface area contributed by atoms with E-state index < -0.39 is 0 Å². The topological polar surface area (TPSA) is 44.5 Å². The SMILES string of the molecule is CCCCCCCOC1CC(N)C1OC. The highest BCUT2D eigenvalue weighted by atomic mass is 16.5. The molecule has 3 heteroatoms. The standard InChI is InChI=1S/C12H25NO2/c1-3-4-5-6-7-8-15-11-9-10(13)12(11)14-2/h10-12H,3-9,13H2,1-2H3. The van der Waals surface area contributed by atoms with Crippen LogP contribution in [0.5, 0.6) is 0 Å². The van der Waals surface area contributed by atoms with E-state index in [1.165, 1.54) is 32.1 Å². The van der Waals surface area contributed by atoms with Crippen molar-refractivity contribution in [1.82, 2.24) is 0 Å². The molecule has 1 saturated carbocycles. The minimum Gasteiger partial charge on any atom is -0.377 e. The molecule has 1 aliphatic rings. The molecule has 0 aromatic carbocycles. The Kier molecular flexibility index (Phi) is 6.22. The van der Waals surface area contributed by atoms with Gasteiger partial charge in [-0.15, -0.1) is 0 Å². The van der Waals surface area contributed by atoms with Crippen molar-refractivity contribution < 1.29 is 9.47 Å². The molecule has 3 unspecified atom stereocenters. The third kappa shape index (κ3) is 4.09. The molecule has 3 atom stereocenters. The molecule has 0 amide bonds. The second-order valence-corrected chi connectivity index (χ2v) is 4.42. The molecule has 1 fully saturated rings. The summed E-state index contributed by atoms with van der Waals surface area (Å²) in [5.41, 5.74) is 5.79. The molecule has 0 aliphatic heterocycles. The first-order chi connectivity index (χ1) is 7.29. The number of rotatable bonds is 8. The number of ether oxygens (including phenoxy) is 2. The first kappa shape index (κ1) is 12.9. The van der Waals surface area contributed by atoms with Gasteiger partial charge in [0.2, 0.25) is 0 Å². The number of hydrogen-bond acceptors (Lipinski definition) is 3. The van der Waals surface area contributed by atoms with Crippen molar-refractivity contribution in [3.63, 3.8) is 0 Å². The molecular formula is C12H25NO2. The van der Waals surface area contributed by atoms with E-state index in [1.807, 2.05) is 0 Å². The maximum Gasteiger partial charge on any atom is 0.0984 e. The molecule has 0 aromatic rings. The summed E-state index contributed by atoms with van der Waals surface area (Å²) in [6.07, 6.45) is 7.74. The average Bonchev–Trinajstić information content (AvgIpc) is 2.22. The van der Waals surface area contributed by atoms with Crippen LogP contribution in [0.25, 0.3) is 0 Å². The zero-order valence-electron chi connectivity index (χ0n) is 10.1. The van der Waals surface area contributed by atoms with Gasteiger partial charge in [0.15, 0.2) is 0 Å². The number of unbranched alkanes of at least 4 members (excludes halogenated alkanes) is 4. The van der Waals surface area contributed by atoms with E-state index in [1.54, 1.807) is 7.11 Å². The summed E-state index contributed by atoms with van der Waals surface area (Å²) in [6, 6.07) is 0.181. The van der Waals surface area contributed by atoms with Gasteiger partial charge in [0.25, 0.3) is 0 Å². The lowest BCUT2D eigenvalue weighted by Gasteiger charge is -2.40. The van der Waals surface area contributed by atoms with Crippen molar-refractivity contribution in [1.29, 1.82) is 0 Å². The van der Waals surface area contributed by atoms with Crippen LogP contribution in [0.4, 0.5) is 0 Å². The number of hydrogen-bond donors (Lipinski definition) is 1. The molecule has 0 aromatic heterocycles. The lowest BCUT2D eigenvalue weighted by Crippen LogP contribution is -2.57. The van der Waals surface area contributed by atoms with Gasteiger partial charge >= 0.3 is 0 Å². The summed E-state index contributed by atoms with van der Waals surface area (Å²) in [4.78, 5) is 0. The summed E-state index contributed by atoms with van der Waals surface area (Å²) in [5, 5.41) is 0. The van der Waals surface area contributed by atoms with Crippen LogP contribution in [0.15, 0.2) is 0 Å². The van der Waals surface area contributed by atoms with Crippen molar-refractivity contribution in [2.45, 2.75) is 63.7 Å². The zero-order valence-corrected chi connectivity index (χ0v) is 10.1. The lowest BCUT2D eigenvalue weighted by atomic mass is 9.86. The molecule has 3 nitrogen and oxygen atoms in total. The zero-order chi connectivity index (χ0) is 11.1. The predicted octanol–water partition coefficient (Wildman–Crippen LogP) is 2.09. The molecule has 90 valence electrons. The lowest BCUT2D eigenvalue weighted by molar-refractivity contribution is -0.126. The third-order valence-corrected chi connectivity index (χ3v) is 3.14. The number of methoxy groups -OCH3 is 1. The van der Waals surface area contributed by atoms with Crippen molar-refractivity contribution in [3.05, 3.63) is 0 Å². The monoisotopic (exact) mass is 215 g/mol. The molecule has 0 radical (unpaired) electrons. The van der Waals surface area contributed by atoms with E-state index in [4.69, 9.17) is 15.2 Å². The van der Waals surface area contributed by atoms with Gasteiger partial charge < -0.3 is 15.2 Å². The minimum absolute atomic E-state index is 0.126. The van der Waals surface area contributed by atoms with Gasteiger partial charge in [0.1, 0.15) is 0 Å². The van der Waals surface area contributed by atoms with E-state index in [0.717, 1.165) is 13.0 Å². The Bertz CT molecular complexity index is 164. The van der Waals surface area contributed by atoms with Gasteiger partial charge in [-0.25, -0.2) is 0 Å². The molecule has 15 heavy (non-hydrogen) atoms. The van der Waals surface area contributed by atoms with Crippen LogP contribution < -0.4 is 5.73 Å². The van der Waals surface area contributed by atoms with Crippen LogP contribution in [0.2, 0.25) is 0 Å². The fraction of sp³-hybridized carbons (Fsp3) is 1.00. The summed E-state index contributed by atoms with van der Waals surface area (Å²) in [6.45, 7) is 3.09. The van der Waals surface area contributed by atoms with Crippen molar-refractivity contribution in [2.24, 2.45) is 5.73 Å². The molecule has 1 aliphatic carbocycles. The van der Waals surface area contributed by atoms with Crippen LogP contribution in [0, 0.1) is 0 Å². The van der Waals surface area contributed by atoms with E-state index in [-0.39, 0.29) is 18.2 Å². The van der Waals surface area contributed by atoms with Crippen LogP contribution in [0.1, 0.15) is 45.4 Å². The van der Waals surface area contributed by atoms with E-state index in [9.17, 15) is 0 Å². The first-order valence-corrected chi connectivity index (χ1v) is 6.19. The minimum atomic E-state index is 0.126. The van der Waals surface area contributed by atoms with Gasteiger partial charge in [-0.2, -0.15) is 0 Å². The van der Waals surface area contributed by atoms with E-state index in [2.05, 4.69) is 6.92 Å². The van der Waals surface area contributed by atoms with Crippen LogP contribution in [-0.4, -0.2) is 32.0 Å². The summed E-state index contributed by atoms with van der Waals surface area (Å²) < 4.78 is 11.0. The summed E-state index contributed by atoms with van der Waals surface area (Å²) in [5.74, 6) is 0. The molecular weight excluding hydrogens is 190 g/mol. The van der Waals surface area contributed by atoms with Crippen LogP contribution >= 0.6 is 0 Å². The highest BCUT2D eigenvalue weighted by molar-refractivity contribution is 4.94. The fourth-order valence-corrected chi connectivity index (χ4v) is 2.05. The predicted molar refractivity (Wildman–Crippen MR) is 61.9 cm³/mol. The molecule has 0 saturated heterocycles. The Morgan fingerprint density at radius 2 is 1.93 bits per heavy atom. The smallest absolute Gasteiger partial charge is 0.0984 e. The van der Waals surface area contributed by atoms with Crippen LogP contribution in [0.3, 0.4) is 0 Å². The summed E-state index contributed by atoms with van der Waals surface area (Å²) >= 11 is 0. The summed E-state index contributed by atoms with van der Waals surface area (Å²) in [7, 11) is 1.71. The quantitative estimate of drug-likeness (QED) is 0.631. The second-order valence-electron chi connectivity index (χ2n) is 4.42. The van der Waals surface area contributed by atoms with E-state index >= 15 is 0 Å². The Morgan fingerprint density at radius 1 is 1.20 bits per heavy atom. The fourth-order valence-electron chi connectivity index (χ4n) is 2.05. The molecule has 0 bridgehead atoms. The van der Waals surface area contributed by atoms with Gasteiger partial charge in [0.05, 0.1) is 12.2 Å². The molecule has 1 rings (SSSR count). The van der Waals surface area contributed by atoms with Gasteiger partial charge in [-0.1, -0.05) is 32.6 Å². The normalized spacial score (nSPS) is 30.2. The maximum absolute atomic E-state index is 5.79. The molecule has 0 spiro atoms. The number of nitrogens with two attached hydrogens (primary N) is 1. The van der Waals surface area contributed by atoms with Crippen molar-refractivity contribution in [2.75, 3.05) is 13.7 Å². The van der Waals surface area contributed by atoms with Gasteiger partial charge in [0, 0.05) is 19.8 Å². The Labute approximate surface area is 93.3 Å². The third-order valence-electron chi connectivity index (χ3n) is 3.14. The van der Waals surface area contributed by atoms with Gasteiger partial charge in [-0.3, -0.25) is 0 Å². The first-order valence-electron chi connectivity index (χ1n) is 6.19. The highest BCUT2D eigenvalue weighted by Crippen LogP contribution is 2.25. The molecule has 2 N–H and O–H groups in total. The maximum atomic E-state index is 5.79. The Hall–Kier alpha value is -0.120. The Balaban J connectivity index is 1.92. The second kappa shape index (κ2) is 7.20. The van der Waals surface area contributed by atoms with Crippen molar-refractivity contribution in [3.8, 4) is 0 Å². The van der Waals surface area contributed by atoms with Crippen LogP contribution in [-0.2, 0) is 9.47 Å². The average molecular weight is 215 g/mol.